The van der Waals surface area contributed by atoms with Crippen molar-refractivity contribution in [2.24, 2.45) is 0 Å². The monoisotopic (exact) mass is 262 g/mol. The molecule has 102 valence electrons. The fourth-order valence-corrected chi connectivity index (χ4v) is 2.49. The maximum atomic E-state index is 11.2. The predicted molar refractivity (Wildman–Crippen MR) is 70.8 cm³/mol. The van der Waals surface area contributed by atoms with E-state index in [4.69, 9.17) is 9.47 Å². The second-order valence-electron chi connectivity index (χ2n) is 5.31. The third-order valence-corrected chi connectivity index (χ3v) is 3.67. The molecule has 1 heterocycles. The van der Waals surface area contributed by atoms with Gasteiger partial charge >= 0.3 is 5.97 Å². The minimum Gasteiger partial charge on any atom is -0.479 e. The molecule has 19 heavy (non-hydrogen) atoms. The van der Waals surface area contributed by atoms with Gasteiger partial charge in [-0.2, -0.15) is 0 Å². The minimum atomic E-state index is -0.820. The predicted octanol–water partition coefficient (Wildman–Crippen LogP) is 2.43. The van der Waals surface area contributed by atoms with Crippen LogP contribution in [0.3, 0.4) is 0 Å². The molecule has 2 rings (SSSR count). The number of carbonyl (C=O) groups excluding carboxylic acids is 2. The third-order valence-electron chi connectivity index (χ3n) is 3.67. The maximum Gasteiger partial charge on any atom is 0.308 e. The van der Waals surface area contributed by atoms with E-state index in [-0.39, 0.29) is 5.97 Å². The van der Waals surface area contributed by atoms with Crippen LogP contribution in [0.25, 0.3) is 0 Å². The minimum absolute atomic E-state index is 0.345. The highest BCUT2D eigenvalue weighted by Gasteiger charge is 2.38. The van der Waals surface area contributed by atoms with Crippen molar-refractivity contribution in [1.29, 1.82) is 0 Å². The second kappa shape index (κ2) is 4.37. The van der Waals surface area contributed by atoms with Crippen molar-refractivity contribution in [3.05, 3.63) is 22.3 Å². The summed E-state index contributed by atoms with van der Waals surface area (Å²) in [6, 6.07) is 0. The van der Waals surface area contributed by atoms with Crippen LogP contribution < -0.4 is 9.47 Å². The SMILES string of the molecule is CC(=O)Oc1c(C)c(C)c2c(c1C)CC(C)(C=O)O2. The van der Waals surface area contributed by atoms with E-state index in [0.717, 1.165) is 34.3 Å². The molecule has 0 spiro atoms. The number of aldehydes is 1. The van der Waals surface area contributed by atoms with Crippen LogP contribution >= 0.6 is 0 Å². The van der Waals surface area contributed by atoms with E-state index in [9.17, 15) is 9.59 Å². The molecule has 0 radical (unpaired) electrons. The molecule has 1 aliphatic heterocycles. The number of benzene rings is 1. The van der Waals surface area contributed by atoms with Crippen molar-refractivity contribution in [3.8, 4) is 11.5 Å². The average molecular weight is 262 g/mol. The summed E-state index contributed by atoms with van der Waals surface area (Å²) in [5, 5.41) is 0. The summed E-state index contributed by atoms with van der Waals surface area (Å²) in [5.41, 5.74) is 2.80. The lowest BCUT2D eigenvalue weighted by Crippen LogP contribution is -2.31. The summed E-state index contributed by atoms with van der Waals surface area (Å²) in [6.07, 6.45) is 1.33. The van der Waals surface area contributed by atoms with Gasteiger partial charge in [-0.05, 0) is 44.4 Å². The molecule has 4 heteroatoms. The van der Waals surface area contributed by atoms with E-state index >= 15 is 0 Å². The standard InChI is InChI=1S/C15H18O4/c1-8-9(2)14-12(6-15(5,7-16)19-14)10(3)13(8)18-11(4)17/h7H,6H2,1-5H3. The Morgan fingerprint density at radius 2 is 1.89 bits per heavy atom. The van der Waals surface area contributed by atoms with Gasteiger partial charge in [0, 0.05) is 18.9 Å². The van der Waals surface area contributed by atoms with Gasteiger partial charge in [0.15, 0.2) is 11.9 Å². The van der Waals surface area contributed by atoms with Gasteiger partial charge in [0.2, 0.25) is 0 Å². The first-order valence-corrected chi connectivity index (χ1v) is 6.25. The van der Waals surface area contributed by atoms with Crippen LogP contribution in [0.2, 0.25) is 0 Å². The zero-order valence-electron chi connectivity index (χ0n) is 11.9. The number of fused-ring (bicyclic) bond motifs is 1. The lowest BCUT2D eigenvalue weighted by molar-refractivity contribution is -0.132. The number of hydrogen-bond donors (Lipinski definition) is 0. The van der Waals surface area contributed by atoms with Crippen molar-refractivity contribution in [1.82, 2.24) is 0 Å². The van der Waals surface area contributed by atoms with Crippen molar-refractivity contribution >= 4 is 12.3 Å². The summed E-state index contributed by atoms with van der Waals surface area (Å²) < 4.78 is 11.1. The third kappa shape index (κ3) is 2.11. The molecular weight excluding hydrogens is 244 g/mol. The number of rotatable bonds is 2. The topological polar surface area (TPSA) is 52.6 Å². The zero-order chi connectivity index (χ0) is 14.4. The van der Waals surface area contributed by atoms with E-state index in [1.54, 1.807) is 6.92 Å². The Morgan fingerprint density at radius 3 is 2.42 bits per heavy atom. The first-order chi connectivity index (χ1) is 8.79. The fourth-order valence-electron chi connectivity index (χ4n) is 2.49. The molecule has 0 amide bonds. The molecule has 0 aliphatic carbocycles. The van der Waals surface area contributed by atoms with Crippen LogP contribution in [-0.2, 0) is 16.0 Å². The molecule has 1 unspecified atom stereocenters. The van der Waals surface area contributed by atoms with Crippen molar-refractivity contribution in [3.63, 3.8) is 0 Å². The largest absolute Gasteiger partial charge is 0.479 e. The first kappa shape index (κ1) is 13.6. The van der Waals surface area contributed by atoms with Crippen LogP contribution in [0, 0.1) is 20.8 Å². The summed E-state index contributed by atoms with van der Waals surface area (Å²) in [6.45, 7) is 8.84. The smallest absolute Gasteiger partial charge is 0.308 e. The Morgan fingerprint density at radius 1 is 1.26 bits per heavy atom. The quantitative estimate of drug-likeness (QED) is 0.466. The summed E-state index contributed by atoms with van der Waals surface area (Å²) in [7, 11) is 0. The van der Waals surface area contributed by atoms with Gasteiger partial charge < -0.3 is 9.47 Å². The Bertz CT molecular complexity index is 574. The van der Waals surface area contributed by atoms with Crippen LogP contribution in [0.4, 0.5) is 0 Å². The van der Waals surface area contributed by atoms with Crippen molar-refractivity contribution < 1.29 is 19.1 Å². The molecule has 0 N–H and O–H groups in total. The van der Waals surface area contributed by atoms with Gasteiger partial charge in [0.05, 0.1) is 0 Å². The molecule has 1 aromatic rings. The first-order valence-electron chi connectivity index (χ1n) is 6.25. The highest BCUT2D eigenvalue weighted by Crippen LogP contribution is 2.44. The van der Waals surface area contributed by atoms with Gasteiger partial charge in [0.1, 0.15) is 11.5 Å². The zero-order valence-corrected chi connectivity index (χ0v) is 11.9. The highest BCUT2D eigenvalue weighted by atomic mass is 16.5. The van der Waals surface area contributed by atoms with Crippen molar-refractivity contribution in [2.75, 3.05) is 0 Å². The Labute approximate surface area is 112 Å². The molecule has 1 aliphatic rings. The average Bonchev–Trinajstić information content (AvgIpc) is 2.71. The Hall–Kier alpha value is -1.84. The van der Waals surface area contributed by atoms with Gasteiger partial charge in [0.25, 0.3) is 0 Å². The van der Waals surface area contributed by atoms with E-state index in [1.807, 2.05) is 20.8 Å². The molecule has 1 aromatic carbocycles. The number of esters is 1. The fraction of sp³-hybridized carbons (Fsp3) is 0.467. The molecule has 0 fully saturated rings. The molecule has 0 saturated heterocycles. The summed E-state index contributed by atoms with van der Waals surface area (Å²) >= 11 is 0. The van der Waals surface area contributed by atoms with Crippen molar-refractivity contribution in [2.45, 2.75) is 46.6 Å². The number of ether oxygens (including phenoxy) is 2. The molecule has 0 bridgehead atoms. The van der Waals surface area contributed by atoms with Crippen LogP contribution in [0.1, 0.15) is 36.1 Å². The van der Waals surface area contributed by atoms with Gasteiger partial charge in [-0.1, -0.05) is 0 Å². The number of hydrogen-bond acceptors (Lipinski definition) is 4. The lowest BCUT2D eigenvalue weighted by Gasteiger charge is -2.17. The van der Waals surface area contributed by atoms with E-state index in [0.29, 0.717) is 12.2 Å². The van der Waals surface area contributed by atoms with Crippen LogP contribution in [-0.4, -0.2) is 17.9 Å². The van der Waals surface area contributed by atoms with E-state index < -0.39 is 5.60 Å². The van der Waals surface area contributed by atoms with Gasteiger partial charge in [-0.15, -0.1) is 0 Å². The second-order valence-corrected chi connectivity index (χ2v) is 5.31. The molecular formula is C15H18O4. The molecule has 0 saturated carbocycles. The molecule has 4 nitrogen and oxygen atoms in total. The summed E-state index contributed by atoms with van der Waals surface area (Å²) in [5.74, 6) is 0.991. The normalized spacial score (nSPS) is 20.7. The maximum absolute atomic E-state index is 11.2. The Balaban J connectivity index is 2.61. The Kier molecular flexibility index (Phi) is 3.12. The van der Waals surface area contributed by atoms with Gasteiger partial charge in [-0.25, -0.2) is 0 Å². The van der Waals surface area contributed by atoms with Crippen LogP contribution in [0.15, 0.2) is 0 Å². The van der Waals surface area contributed by atoms with Crippen LogP contribution in [0.5, 0.6) is 11.5 Å². The van der Waals surface area contributed by atoms with E-state index in [1.165, 1.54) is 6.92 Å². The van der Waals surface area contributed by atoms with Gasteiger partial charge in [-0.3, -0.25) is 9.59 Å². The molecule has 0 aromatic heterocycles. The summed E-state index contributed by atoms with van der Waals surface area (Å²) in [4.78, 5) is 22.4. The molecule has 1 atom stereocenters. The van der Waals surface area contributed by atoms with E-state index in [2.05, 4.69) is 0 Å². The number of carbonyl (C=O) groups is 2. The lowest BCUT2D eigenvalue weighted by atomic mass is 9.93. The highest BCUT2D eigenvalue weighted by molar-refractivity contribution is 5.74.